The van der Waals surface area contributed by atoms with Gasteiger partial charge in [0.05, 0.1) is 0 Å². The Hall–Kier alpha value is -1.71. The lowest BCUT2D eigenvalue weighted by Crippen LogP contribution is -2.46. The fourth-order valence-corrected chi connectivity index (χ4v) is 2.29. The van der Waals surface area contributed by atoms with Crippen molar-refractivity contribution in [1.82, 2.24) is 10.2 Å². The summed E-state index contributed by atoms with van der Waals surface area (Å²) in [5.41, 5.74) is 0. The van der Waals surface area contributed by atoms with Crippen LogP contribution in [0.5, 0.6) is 5.75 Å². The van der Waals surface area contributed by atoms with Crippen molar-refractivity contribution in [2.75, 3.05) is 27.2 Å². The molecule has 1 saturated heterocycles. The maximum absolute atomic E-state index is 5.96. The molecule has 4 heteroatoms. The normalized spacial score (nSPS) is 17.7. The first kappa shape index (κ1) is 12.7. The van der Waals surface area contributed by atoms with Crippen molar-refractivity contribution >= 4 is 5.96 Å². The maximum Gasteiger partial charge on any atom is 0.193 e. The number of nitrogens with one attached hydrogen (secondary N) is 1. The molecular formula is C14H21N3O. The average Bonchev–Trinajstić information content (AvgIpc) is 2.43. The van der Waals surface area contributed by atoms with Gasteiger partial charge in [-0.25, -0.2) is 0 Å². The van der Waals surface area contributed by atoms with Crippen molar-refractivity contribution in [3.05, 3.63) is 30.3 Å². The molecule has 4 nitrogen and oxygen atoms in total. The van der Waals surface area contributed by atoms with Gasteiger partial charge in [-0.05, 0) is 12.1 Å². The minimum atomic E-state index is 0.318. The Morgan fingerprint density at radius 2 is 1.94 bits per heavy atom. The first-order chi connectivity index (χ1) is 8.83. The molecule has 1 N–H and O–H groups in total. The Bertz CT molecular complexity index is 383. The smallest absolute Gasteiger partial charge is 0.193 e. The number of hydrogen-bond donors (Lipinski definition) is 1. The van der Waals surface area contributed by atoms with E-state index < -0.39 is 0 Å². The molecule has 0 aromatic heterocycles. The Labute approximate surface area is 109 Å². The van der Waals surface area contributed by atoms with Crippen molar-refractivity contribution in [2.24, 2.45) is 4.99 Å². The summed E-state index contributed by atoms with van der Waals surface area (Å²) in [5, 5.41) is 3.12. The number of rotatable bonds is 2. The number of para-hydroxylation sites is 1. The molecular weight excluding hydrogens is 226 g/mol. The van der Waals surface area contributed by atoms with Crippen molar-refractivity contribution in [2.45, 2.75) is 18.9 Å². The van der Waals surface area contributed by atoms with Gasteiger partial charge in [-0.1, -0.05) is 18.2 Å². The van der Waals surface area contributed by atoms with Crippen LogP contribution in [0.4, 0.5) is 0 Å². The van der Waals surface area contributed by atoms with Gasteiger partial charge in [-0.15, -0.1) is 0 Å². The highest BCUT2D eigenvalue weighted by atomic mass is 16.5. The van der Waals surface area contributed by atoms with Gasteiger partial charge < -0.3 is 15.0 Å². The molecule has 2 rings (SSSR count). The minimum absolute atomic E-state index is 0.318. The second-order valence-electron chi connectivity index (χ2n) is 4.41. The molecule has 0 bridgehead atoms. The SMILES string of the molecule is CN=C(NC)N1CCC(Oc2ccccc2)CC1. The summed E-state index contributed by atoms with van der Waals surface area (Å²) in [4.78, 5) is 6.50. The van der Waals surface area contributed by atoms with Crippen molar-refractivity contribution in [3.63, 3.8) is 0 Å². The molecule has 0 radical (unpaired) electrons. The third kappa shape index (κ3) is 3.15. The molecule has 0 saturated carbocycles. The number of hydrogen-bond acceptors (Lipinski definition) is 2. The van der Waals surface area contributed by atoms with Gasteiger partial charge in [0.2, 0.25) is 0 Å². The lowest BCUT2D eigenvalue weighted by Gasteiger charge is -2.33. The highest BCUT2D eigenvalue weighted by molar-refractivity contribution is 5.79. The summed E-state index contributed by atoms with van der Waals surface area (Å²) >= 11 is 0. The lowest BCUT2D eigenvalue weighted by molar-refractivity contribution is 0.130. The Morgan fingerprint density at radius 3 is 2.50 bits per heavy atom. The van der Waals surface area contributed by atoms with E-state index >= 15 is 0 Å². The Kier molecular flexibility index (Phi) is 4.45. The number of guanidine groups is 1. The summed E-state index contributed by atoms with van der Waals surface area (Å²) in [6.45, 7) is 1.98. The minimum Gasteiger partial charge on any atom is -0.490 e. The molecule has 1 aliphatic rings. The highest BCUT2D eigenvalue weighted by Crippen LogP contribution is 2.18. The van der Waals surface area contributed by atoms with Gasteiger partial charge in [-0.2, -0.15) is 0 Å². The molecule has 1 aromatic carbocycles. The van der Waals surface area contributed by atoms with Crippen LogP contribution in [0.1, 0.15) is 12.8 Å². The van der Waals surface area contributed by atoms with E-state index in [1.165, 1.54) is 0 Å². The molecule has 18 heavy (non-hydrogen) atoms. The Morgan fingerprint density at radius 1 is 1.28 bits per heavy atom. The maximum atomic E-state index is 5.96. The van der Waals surface area contributed by atoms with Gasteiger partial charge in [0.15, 0.2) is 5.96 Å². The van der Waals surface area contributed by atoms with Gasteiger partial charge in [0, 0.05) is 40.0 Å². The Balaban J connectivity index is 1.84. The van der Waals surface area contributed by atoms with Crippen molar-refractivity contribution in [1.29, 1.82) is 0 Å². The summed E-state index contributed by atoms with van der Waals surface area (Å²) in [5.74, 6) is 1.93. The summed E-state index contributed by atoms with van der Waals surface area (Å²) < 4.78 is 5.96. The van der Waals surface area contributed by atoms with Gasteiger partial charge >= 0.3 is 0 Å². The van der Waals surface area contributed by atoms with E-state index in [2.05, 4.69) is 15.2 Å². The predicted molar refractivity (Wildman–Crippen MR) is 74.1 cm³/mol. The third-order valence-corrected chi connectivity index (χ3v) is 3.22. The van der Waals surface area contributed by atoms with Crippen LogP contribution >= 0.6 is 0 Å². The zero-order valence-electron chi connectivity index (χ0n) is 11.1. The van der Waals surface area contributed by atoms with E-state index in [0.29, 0.717) is 6.10 Å². The van der Waals surface area contributed by atoms with Crippen molar-refractivity contribution in [3.8, 4) is 5.75 Å². The summed E-state index contributed by atoms with van der Waals surface area (Å²) in [6.07, 6.45) is 2.39. The van der Waals surface area contributed by atoms with E-state index in [-0.39, 0.29) is 0 Å². The van der Waals surface area contributed by atoms with Crippen LogP contribution < -0.4 is 10.1 Å². The fourth-order valence-electron chi connectivity index (χ4n) is 2.29. The standard InChI is InChI=1S/C14H21N3O/c1-15-14(16-2)17-10-8-13(9-11-17)18-12-6-4-3-5-7-12/h3-7,13H,8-11H2,1-2H3,(H,15,16). The molecule has 0 unspecified atom stereocenters. The number of likely N-dealkylation sites (tertiary alicyclic amines) is 1. The molecule has 1 heterocycles. The first-order valence-corrected chi connectivity index (χ1v) is 6.44. The third-order valence-electron chi connectivity index (χ3n) is 3.22. The number of nitrogens with zero attached hydrogens (tertiary/aromatic N) is 2. The fraction of sp³-hybridized carbons (Fsp3) is 0.500. The highest BCUT2D eigenvalue weighted by Gasteiger charge is 2.21. The quantitative estimate of drug-likeness (QED) is 0.639. The first-order valence-electron chi connectivity index (χ1n) is 6.44. The van der Waals surface area contributed by atoms with Crippen LogP contribution in [-0.2, 0) is 0 Å². The summed E-state index contributed by atoms with van der Waals surface area (Å²) in [6, 6.07) is 10.0. The number of aliphatic imine (C=N–C) groups is 1. The molecule has 0 amide bonds. The number of piperidine rings is 1. The average molecular weight is 247 g/mol. The largest absolute Gasteiger partial charge is 0.490 e. The number of benzene rings is 1. The molecule has 98 valence electrons. The lowest BCUT2D eigenvalue weighted by atomic mass is 10.1. The van der Waals surface area contributed by atoms with E-state index in [1.807, 2.05) is 44.4 Å². The van der Waals surface area contributed by atoms with Crippen LogP contribution in [0.2, 0.25) is 0 Å². The molecule has 0 aliphatic carbocycles. The molecule has 0 atom stereocenters. The van der Waals surface area contributed by atoms with E-state index in [9.17, 15) is 0 Å². The van der Waals surface area contributed by atoms with Crippen LogP contribution in [0, 0.1) is 0 Å². The number of ether oxygens (including phenoxy) is 1. The monoisotopic (exact) mass is 247 g/mol. The predicted octanol–water partition coefficient (Wildman–Crippen LogP) is 1.73. The van der Waals surface area contributed by atoms with E-state index in [4.69, 9.17) is 4.74 Å². The van der Waals surface area contributed by atoms with Crippen LogP contribution in [0.3, 0.4) is 0 Å². The van der Waals surface area contributed by atoms with Gasteiger partial charge in [-0.3, -0.25) is 4.99 Å². The van der Waals surface area contributed by atoms with Gasteiger partial charge in [0.1, 0.15) is 11.9 Å². The van der Waals surface area contributed by atoms with E-state index in [1.54, 1.807) is 0 Å². The second kappa shape index (κ2) is 6.28. The molecule has 1 aliphatic heterocycles. The van der Waals surface area contributed by atoms with Crippen molar-refractivity contribution < 1.29 is 4.74 Å². The van der Waals surface area contributed by atoms with Gasteiger partial charge in [0.25, 0.3) is 0 Å². The molecule has 0 spiro atoms. The zero-order chi connectivity index (χ0) is 12.8. The second-order valence-corrected chi connectivity index (χ2v) is 4.41. The van der Waals surface area contributed by atoms with Crippen LogP contribution in [0.15, 0.2) is 35.3 Å². The molecule has 1 fully saturated rings. The molecule has 1 aromatic rings. The van der Waals surface area contributed by atoms with Crippen LogP contribution in [-0.4, -0.2) is 44.1 Å². The van der Waals surface area contributed by atoms with Crippen LogP contribution in [0.25, 0.3) is 0 Å². The summed E-state index contributed by atoms with van der Waals surface area (Å²) in [7, 11) is 3.73. The topological polar surface area (TPSA) is 36.9 Å². The van der Waals surface area contributed by atoms with E-state index in [0.717, 1.165) is 37.6 Å². The zero-order valence-corrected chi connectivity index (χ0v) is 11.1.